The van der Waals surface area contributed by atoms with Gasteiger partial charge in [0.05, 0.1) is 5.39 Å². The first-order chi connectivity index (χ1) is 10.7. The Bertz CT molecular complexity index is 930. The Kier molecular flexibility index (Phi) is 3.15. The van der Waals surface area contributed by atoms with Gasteiger partial charge in [0, 0.05) is 16.1 Å². The summed E-state index contributed by atoms with van der Waals surface area (Å²) in [4.78, 5) is 12.3. The molecule has 0 amide bonds. The summed E-state index contributed by atoms with van der Waals surface area (Å²) in [5.41, 5.74) is 1.26. The fourth-order valence-corrected chi connectivity index (χ4v) is 2.83. The highest BCUT2D eigenvalue weighted by molar-refractivity contribution is 9.10. The van der Waals surface area contributed by atoms with E-state index in [-0.39, 0.29) is 5.43 Å². The average molecular weight is 359 g/mol. The van der Waals surface area contributed by atoms with Gasteiger partial charge in [0.15, 0.2) is 16.9 Å². The van der Waals surface area contributed by atoms with Crippen LogP contribution < -0.4 is 14.9 Å². The molecule has 0 N–H and O–H groups in total. The van der Waals surface area contributed by atoms with Gasteiger partial charge in [0.2, 0.25) is 0 Å². The van der Waals surface area contributed by atoms with Crippen molar-refractivity contribution in [1.29, 1.82) is 0 Å². The maximum atomic E-state index is 12.3. The molecule has 0 unspecified atom stereocenters. The van der Waals surface area contributed by atoms with Crippen molar-refractivity contribution < 1.29 is 13.9 Å². The first-order valence-corrected chi connectivity index (χ1v) is 7.63. The van der Waals surface area contributed by atoms with Crippen molar-refractivity contribution in [1.82, 2.24) is 0 Å². The predicted molar refractivity (Wildman–Crippen MR) is 86.6 cm³/mol. The Labute approximate surface area is 134 Å². The van der Waals surface area contributed by atoms with E-state index < -0.39 is 0 Å². The normalized spacial score (nSPS) is 13.3. The van der Waals surface area contributed by atoms with Crippen molar-refractivity contribution in [3.05, 3.63) is 57.2 Å². The molecular formula is C17H11BrO4. The summed E-state index contributed by atoms with van der Waals surface area (Å²) in [7, 11) is 0. The highest BCUT2D eigenvalue weighted by Gasteiger charge is 2.14. The van der Waals surface area contributed by atoms with Gasteiger partial charge in [-0.3, -0.25) is 4.79 Å². The van der Waals surface area contributed by atoms with E-state index >= 15 is 0 Å². The summed E-state index contributed by atoms with van der Waals surface area (Å²) in [5.74, 6) is 1.89. The molecule has 2 aromatic carbocycles. The Morgan fingerprint density at radius 2 is 1.73 bits per heavy atom. The Hall–Kier alpha value is -2.27. The quantitative estimate of drug-likeness (QED) is 0.659. The van der Waals surface area contributed by atoms with Crippen LogP contribution in [0.25, 0.3) is 22.3 Å². The molecule has 5 heteroatoms. The third kappa shape index (κ3) is 2.27. The number of hydrogen-bond donors (Lipinski definition) is 0. The number of fused-ring (bicyclic) bond motifs is 2. The molecule has 1 aliphatic rings. The van der Waals surface area contributed by atoms with E-state index in [9.17, 15) is 4.79 Å². The SMILES string of the molecule is O=c1cc(-c2ccc3c(c2)OCCO3)oc2ccc(Br)cc12. The summed E-state index contributed by atoms with van der Waals surface area (Å²) in [6, 6.07) is 12.4. The van der Waals surface area contributed by atoms with E-state index in [1.54, 1.807) is 12.1 Å². The van der Waals surface area contributed by atoms with Crippen LogP contribution >= 0.6 is 15.9 Å². The minimum absolute atomic E-state index is 0.0764. The highest BCUT2D eigenvalue weighted by atomic mass is 79.9. The second-order valence-corrected chi connectivity index (χ2v) is 5.89. The summed E-state index contributed by atoms with van der Waals surface area (Å²) in [6.07, 6.45) is 0. The molecule has 0 fully saturated rings. The lowest BCUT2D eigenvalue weighted by Gasteiger charge is -2.18. The van der Waals surface area contributed by atoms with Crippen LogP contribution in [-0.4, -0.2) is 13.2 Å². The Morgan fingerprint density at radius 3 is 2.59 bits per heavy atom. The summed E-state index contributed by atoms with van der Waals surface area (Å²) >= 11 is 3.36. The third-order valence-electron chi connectivity index (χ3n) is 3.52. The monoisotopic (exact) mass is 358 g/mol. The van der Waals surface area contributed by atoms with E-state index in [1.165, 1.54) is 6.07 Å². The van der Waals surface area contributed by atoms with Crippen LogP contribution in [0.5, 0.6) is 11.5 Å². The average Bonchev–Trinajstić information content (AvgIpc) is 2.55. The van der Waals surface area contributed by atoms with Gasteiger partial charge in [-0.25, -0.2) is 0 Å². The first-order valence-electron chi connectivity index (χ1n) is 6.84. The molecule has 0 aliphatic carbocycles. The van der Waals surface area contributed by atoms with E-state index in [0.717, 1.165) is 10.0 Å². The number of hydrogen-bond acceptors (Lipinski definition) is 4. The van der Waals surface area contributed by atoms with Gasteiger partial charge in [-0.1, -0.05) is 15.9 Å². The predicted octanol–water partition coefficient (Wildman–Crippen LogP) is 3.99. The van der Waals surface area contributed by atoms with Gasteiger partial charge in [-0.15, -0.1) is 0 Å². The van der Waals surface area contributed by atoms with E-state index in [2.05, 4.69) is 15.9 Å². The van der Waals surface area contributed by atoms with Crippen LogP contribution in [0.1, 0.15) is 0 Å². The van der Waals surface area contributed by atoms with Gasteiger partial charge in [0.1, 0.15) is 24.6 Å². The number of benzene rings is 2. The molecule has 3 aromatic rings. The van der Waals surface area contributed by atoms with Crippen LogP contribution in [0.15, 0.2) is 56.1 Å². The van der Waals surface area contributed by atoms with E-state index in [4.69, 9.17) is 13.9 Å². The fraction of sp³-hybridized carbons (Fsp3) is 0.118. The van der Waals surface area contributed by atoms with Crippen molar-refractivity contribution in [3.63, 3.8) is 0 Å². The van der Waals surface area contributed by atoms with Gasteiger partial charge in [0.25, 0.3) is 0 Å². The van der Waals surface area contributed by atoms with E-state index in [1.807, 2.05) is 24.3 Å². The van der Waals surface area contributed by atoms with Gasteiger partial charge >= 0.3 is 0 Å². The molecule has 0 radical (unpaired) electrons. The molecule has 1 aliphatic heterocycles. The topological polar surface area (TPSA) is 48.7 Å². The zero-order valence-electron chi connectivity index (χ0n) is 11.5. The Morgan fingerprint density at radius 1 is 0.909 bits per heavy atom. The third-order valence-corrected chi connectivity index (χ3v) is 4.01. The van der Waals surface area contributed by atoms with Crippen LogP contribution in [0.4, 0.5) is 0 Å². The molecule has 0 bridgehead atoms. The van der Waals surface area contributed by atoms with Crippen molar-refractivity contribution in [3.8, 4) is 22.8 Å². The largest absolute Gasteiger partial charge is 0.486 e. The second kappa shape index (κ2) is 5.18. The minimum Gasteiger partial charge on any atom is -0.486 e. The molecule has 22 heavy (non-hydrogen) atoms. The molecule has 0 saturated heterocycles. The lowest BCUT2D eigenvalue weighted by molar-refractivity contribution is 0.171. The van der Waals surface area contributed by atoms with Gasteiger partial charge < -0.3 is 13.9 Å². The lowest BCUT2D eigenvalue weighted by atomic mass is 10.1. The van der Waals surface area contributed by atoms with Crippen LogP contribution in [0.2, 0.25) is 0 Å². The number of rotatable bonds is 1. The van der Waals surface area contributed by atoms with Crippen LogP contribution in [0.3, 0.4) is 0 Å². The summed E-state index contributed by atoms with van der Waals surface area (Å²) in [6.45, 7) is 1.07. The van der Waals surface area contributed by atoms with Gasteiger partial charge in [-0.2, -0.15) is 0 Å². The van der Waals surface area contributed by atoms with Crippen molar-refractivity contribution in [2.75, 3.05) is 13.2 Å². The highest BCUT2D eigenvalue weighted by Crippen LogP contribution is 2.34. The fourth-order valence-electron chi connectivity index (χ4n) is 2.47. The molecule has 4 rings (SSSR count). The standard InChI is InChI=1S/C17H11BrO4/c18-11-2-4-14-12(8-11)13(19)9-16(22-14)10-1-3-15-17(7-10)21-6-5-20-15/h1-4,7-9H,5-6H2. The smallest absolute Gasteiger partial charge is 0.193 e. The molecule has 4 nitrogen and oxygen atoms in total. The molecule has 0 atom stereocenters. The zero-order chi connectivity index (χ0) is 15.1. The van der Waals surface area contributed by atoms with Crippen molar-refractivity contribution >= 4 is 26.9 Å². The molecule has 0 saturated carbocycles. The summed E-state index contributed by atoms with van der Waals surface area (Å²) < 4.78 is 17.8. The number of ether oxygens (including phenoxy) is 2. The zero-order valence-corrected chi connectivity index (χ0v) is 13.1. The molecule has 110 valence electrons. The second-order valence-electron chi connectivity index (χ2n) is 4.97. The Balaban J connectivity index is 1.87. The lowest BCUT2D eigenvalue weighted by Crippen LogP contribution is -2.15. The summed E-state index contributed by atoms with van der Waals surface area (Å²) in [5, 5.41) is 0.552. The number of halogens is 1. The first kappa shape index (κ1) is 13.4. The maximum Gasteiger partial charge on any atom is 0.193 e. The molecular weight excluding hydrogens is 348 g/mol. The maximum absolute atomic E-state index is 12.3. The van der Waals surface area contributed by atoms with Crippen LogP contribution in [0, 0.1) is 0 Å². The molecule has 0 spiro atoms. The van der Waals surface area contributed by atoms with Crippen molar-refractivity contribution in [2.24, 2.45) is 0 Å². The van der Waals surface area contributed by atoms with Crippen LogP contribution in [-0.2, 0) is 0 Å². The van der Waals surface area contributed by atoms with Gasteiger partial charge in [-0.05, 0) is 36.4 Å². The minimum atomic E-state index is -0.0764. The molecule has 1 aromatic heterocycles. The molecule has 2 heterocycles. The van der Waals surface area contributed by atoms with E-state index in [0.29, 0.717) is 41.4 Å². The van der Waals surface area contributed by atoms with Crippen molar-refractivity contribution in [2.45, 2.75) is 0 Å².